The Hall–Kier alpha value is -2.48. The van der Waals surface area contributed by atoms with Gasteiger partial charge in [-0.25, -0.2) is 0 Å². The van der Waals surface area contributed by atoms with Crippen molar-refractivity contribution in [1.29, 1.82) is 5.26 Å². The Kier molecular flexibility index (Phi) is 3.82. The molecular formula is C13H15N5. The minimum absolute atomic E-state index is 0.507. The third-order valence-corrected chi connectivity index (χ3v) is 2.63. The normalized spacial score (nSPS) is 9.94. The molecule has 18 heavy (non-hydrogen) atoms. The summed E-state index contributed by atoms with van der Waals surface area (Å²) in [7, 11) is 0. The lowest BCUT2D eigenvalue weighted by Gasteiger charge is -2.07. The van der Waals surface area contributed by atoms with Gasteiger partial charge in [0.2, 0.25) is 0 Å². The largest absolute Gasteiger partial charge is 0.398 e. The first-order valence-electron chi connectivity index (χ1n) is 5.80. The van der Waals surface area contributed by atoms with Crippen LogP contribution >= 0.6 is 0 Å². The van der Waals surface area contributed by atoms with E-state index in [1.54, 1.807) is 18.3 Å². The quantitative estimate of drug-likeness (QED) is 0.618. The number of aromatic nitrogens is 2. The highest BCUT2D eigenvalue weighted by Crippen LogP contribution is 2.16. The van der Waals surface area contributed by atoms with Gasteiger partial charge >= 0.3 is 0 Å². The highest BCUT2D eigenvalue weighted by molar-refractivity contribution is 5.61. The fraction of sp³-hybridized carbons (Fsp3) is 0.231. The molecule has 0 amide bonds. The highest BCUT2D eigenvalue weighted by atomic mass is 15.3. The summed E-state index contributed by atoms with van der Waals surface area (Å²) in [5.41, 5.74) is 7.59. The molecule has 2 aromatic rings. The maximum atomic E-state index is 8.87. The molecule has 92 valence electrons. The molecule has 0 fully saturated rings. The molecule has 0 aliphatic carbocycles. The first kappa shape index (κ1) is 12.0. The molecule has 0 aliphatic heterocycles. The lowest BCUT2D eigenvalue weighted by Crippen LogP contribution is -2.07. The van der Waals surface area contributed by atoms with E-state index >= 15 is 0 Å². The molecule has 0 spiro atoms. The van der Waals surface area contributed by atoms with Crippen molar-refractivity contribution in [3.8, 4) is 6.07 Å². The average Bonchev–Trinajstić information content (AvgIpc) is 2.89. The second-order valence-corrected chi connectivity index (χ2v) is 3.96. The fourth-order valence-electron chi connectivity index (χ4n) is 1.67. The summed E-state index contributed by atoms with van der Waals surface area (Å²) in [5.74, 6) is 0. The lowest BCUT2D eigenvalue weighted by atomic mass is 10.2. The predicted octanol–water partition coefficient (Wildman–Crippen LogP) is 1.84. The zero-order valence-electron chi connectivity index (χ0n) is 10.0. The Morgan fingerprint density at radius 3 is 3.06 bits per heavy atom. The van der Waals surface area contributed by atoms with Gasteiger partial charge < -0.3 is 11.1 Å². The second kappa shape index (κ2) is 5.73. The third-order valence-electron chi connectivity index (χ3n) is 2.63. The Bertz CT molecular complexity index is 539. The topological polar surface area (TPSA) is 79.7 Å². The van der Waals surface area contributed by atoms with E-state index in [1.165, 1.54) is 0 Å². The Balaban J connectivity index is 1.82. The molecule has 3 N–H and O–H groups in total. The number of nitrogens with zero attached hydrogens (tertiary/aromatic N) is 3. The van der Waals surface area contributed by atoms with Crippen molar-refractivity contribution in [2.75, 3.05) is 17.6 Å². The molecule has 0 bridgehead atoms. The van der Waals surface area contributed by atoms with Crippen molar-refractivity contribution in [3.05, 3.63) is 42.2 Å². The van der Waals surface area contributed by atoms with Crippen LogP contribution in [-0.4, -0.2) is 16.3 Å². The molecule has 1 aromatic carbocycles. The monoisotopic (exact) mass is 241 g/mol. The number of hydrogen-bond donors (Lipinski definition) is 2. The number of nitrogens with two attached hydrogens (primary N) is 1. The Morgan fingerprint density at radius 1 is 1.44 bits per heavy atom. The van der Waals surface area contributed by atoms with Crippen LogP contribution in [0.1, 0.15) is 12.0 Å². The van der Waals surface area contributed by atoms with E-state index in [-0.39, 0.29) is 0 Å². The fourth-order valence-corrected chi connectivity index (χ4v) is 1.67. The number of rotatable bonds is 5. The zero-order chi connectivity index (χ0) is 12.8. The van der Waals surface area contributed by atoms with Crippen LogP contribution in [0.2, 0.25) is 0 Å². The van der Waals surface area contributed by atoms with Crippen molar-refractivity contribution in [2.45, 2.75) is 13.0 Å². The molecule has 5 heteroatoms. The van der Waals surface area contributed by atoms with E-state index in [4.69, 9.17) is 11.0 Å². The van der Waals surface area contributed by atoms with Crippen LogP contribution in [0.5, 0.6) is 0 Å². The minimum atomic E-state index is 0.507. The number of hydrogen-bond acceptors (Lipinski definition) is 4. The van der Waals surface area contributed by atoms with Crippen LogP contribution in [0.25, 0.3) is 0 Å². The van der Waals surface area contributed by atoms with E-state index < -0.39 is 0 Å². The van der Waals surface area contributed by atoms with Crippen LogP contribution in [0.3, 0.4) is 0 Å². The van der Waals surface area contributed by atoms with Crippen LogP contribution in [0.15, 0.2) is 36.7 Å². The van der Waals surface area contributed by atoms with Crippen LogP contribution < -0.4 is 11.1 Å². The number of anilines is 2. The first-order valence-corrected chi connectivity index (χ1v) is 5.80. The number of nitrogen functional groups attached to an aromatic ring is 1. The molecule has 0 aliphatic rings. The number of benzene rings is 1. The van der Waals surface area contributed by atoms with Crippen LogP contribution in [-0.2, 0) is 6.54 Å². The van der Waals surface area contributed by atoms with Gasteiger partial charge in [0, 0.05) is 36.9 Å². The van der Waals surface area contributed by atoms with E-state index in [0.29, 0.717) is 11.3 Å². The van der Waals surface area contributed by atoms with E-state index in [9.17, 15) is 0 Å². The molecule has 1 heterocycles. The number of nitriles is 1. The summed E-state index contributed by atoms with van der Waals surface area (Å²) in [4.78, 5) is 0. The Labute approximate surface area is 106 Å². The molecule has 0 saturated heterocycles. The summed E-state index contributed by atoms with van der Waals surface area (Å²) in [6.07, 6.45) is 4.68. The van der Waals surface area contributed by atoms with Crippen LogP contribution in [0, 0.1) is 11.3 Å². The van der Waals surface area contributed by atoms with Gasteiger partial charge in [-0.05, 0) is 30.7 Å². The van der Waals surface area contributed by atoms with Gasteiger partial charge in [-0.3, -0.25) is 4.68 Å². The highest BCUT2D eigenvalue weighted by Gasteiger charge is 1.99. The van der Waals surface area contributed by atoms with Crippen molar-refractivity contribution < 1.29 is 0 Å². The average molecular weight is 241 g/mol. The van der Waals surface area contributed by atoms with E-state index in [0.717, 1.165) is 25.2 Å². The molecule has 1 aromatic heterocycles. The van der Waals surface area contributed by atoms with Gasteiger partial charge in [0.1, 0.15) is 6.07 Å². The van der Waals surface area contributed by atoms with Gasteiger partial charge in [0.05, 0.1) is 5.56 Å². The minimum Gasteiger partial charge on any atom is -0.398 e. The molecule has 0 atom stereocenters. The molecule has 0 saturated carbocycles. The standard InChI is InChI=1S/C13H15N5/c14-10-11-9-12(3-4-13(11)15)16-5-1-7-18-8-2-6-17-18/h2-4,6,8-9,16H,1,5,7,15H2. The lowest BCUT2D eigenvalue weighted by molar-refractivity contribution is 0.592. The summed E-state index contributed by atoms with van der Waals surface area (Å²) >= 11 is 0. The van der Waals surface area contributed by atoms with Crippen molar-refractivity contribution in [3.63, 3.8) is 0 Å². The summed E-state index contributed by atoms with van der Waals surface area (Å²) in [6.45, 7) is 1.70. The summed E-state index contributed by atoms with van der Waals surface area (Å²) in [5, 5.41) is 16.3. The van der Waals surface area contributed by atoms with Crippen molar-refractivity contribution >= 4 is 11.4 Å². The van der Waals surface area contributed by atoms with E-state index in [1.807, 2.05) is 23.0 Å². The number of nitrogens with one attached hydrogen (secondary N) is 1. The molecule has 0 unspecified atom stereocenters. The molecule has 0 radical (unpaired) electrons. The number of aryl methyl sites for hydroxylation is 1. The van der Waals surface area contributed by atoms with Gasteiger partial charge in [0.25, 0.3) is 0 Å². The molecular weight excluding hydrogens is 226 g/mol. The van der Waals surface area contributed by atoms with Crippen molar-refractivity contribution in [2.24, 2.45) is 0 Å². The smallest absolute Gasteiger partial charge is 0.101 e. The van der Waals surface area contributed by atoms with E-state index in [2.05, 4.69) is 16.5 Å². The Morgan fingerprint density at radius 2 is 2.33 bits per heavy atom. The first-order chi connectivity index (χ1) is 8.79. The van der Waals surface area contributed by atoms with Gasteiger partial charge in [-0.2, -0.15) is 10.4 Å². The summed E-state index contributed by atoms with van der Waals surface area (Å²) in [6, 6.07) is 9.37. The SMILES string of the molecule is N#Cc1cc(NCCCn2cccn2)ccc1N. The van der Waals surface area contributed by atoms with Gasteiger partial charge in [-0.1, -0.05) is 0 Å². The molecule has 5 nitrogen and oxygen atoms in total. The maximum Gasteiger partial charge on any atom is 0.101 e. The van der Waals surface area contributed by atoms with Crippen molar-refractivity contribution in [1.82, 2.24) is 9.78 Å². The van der Waals surface area contributed by atoms with Gasteiger partial charge in [-0.15, -0.1) is 0 Å². The molecule has 2 rings (SSSR count). The second-order valence-electron chi connectivity index (χ2n) is 3.96. The third kappa shape index (κ3) is 3.01. The van der Waals surface area contributed by atoms with Crippen LogP contribution in [0.4, 0.5) is 11.4 Å². The van der Waals surface area contributed by atoms with Gasteiger partial charge in [0.15, 0.2) is 0 Å². The zero-order valence-corrected chi connectivity index (χ0v) is 10.0. The maximum absolute atomic E-state index is 8.87. The predicted molar refractivity (Wildman–Crippen MR) is 70.9 cm³/mol. The summed E-state index contributed by atoms with van der Waals surface area (Å²) < 4.78 is 1.89.